The number of aryl methyl sites for hydroxylation is 1. The number of nitrogens with zero attached hydrogens (tertiary/aromatic N) is 2. The molecule has 7 heteroatoms. The van der Waals surface area contributed by atoms with E-state index in [2.05, 4.69) is 15.0 Å². The van der Waals surface area contributed by atoms with Crippen LogP contribution in [0.3, 0.4) is 0 Å². The van der Waals surface area contributed by atoms with Crippen LogP contribution in [0.4, 0.5) is 0 Å². The van der Waals surface area contributed by atoms with Gasteiger partial charge in [-0.1, -0.05) is 12.1 Å². The Balaban J connectivity index is 1.76. The summed E-state index contributed by atoms with van der Waals surface area (Å²) in [4.78, 5) is 35.3. The maximum absolute atomic E-state index is 12.0. The summed E-state index contributed by atoms with van der Waals surface area (Å²) in [5.41, 5.74) is 1.01. The molecule has 118 valence electrons. The summed E-state index contributed by atoms with van der Waals surface area (Å²) < 4.78 is 5.35. The molecule has 0 fully saturated rings. The number of hydrogen-bond donors (Lipinski definition) is 1. The van der Waals surface area contributed by atoms with Crippen LogP contribution in [0.15, 0.2) is 34.4 Å². The van der Waals surface area contributed by atoms with E-state index in [4.69, 9.17) is 4.74 Å². The van der Waals surface area contributed by atoms with Gasteiger partial charge in [0.2, 0.25) is 0 Å². The van der Waals surface area contributed by atoms with Crippen LogP contribution in [0.5, 0.6) is 0 Å². The molecular weight excluding hydrogens is 314 g/mol. The van der Waals surface area contributed by atoms with Crippen molar-refractivity contribution < 1.29 is 9.53 Å². The second-order valence-electron chi connectivity index (χ2n) is 5.14. The average Bonchev–Trinajstić information content (AvgIpc) is 2.92. The van der Waals surface area contributed by atoms with Gasteiger partial charge in [0.25, 0.3) is 5.56 Å². The van der Waals surface area contributed by atoms with Crippen molar-refractivity contribution in [2.45, 2.75) is 26.4 Å². The summed E-state index contributed by atoms with van der Waals surface area (Å²) in [5, 5.41) is 3.24. The first-order chi connectivity index (χ1) is 11.0. The number of aromatic nitrogens is 3. The molecule has 0 aliphatic rings. The lowest BCUT2D eigenvalue weighted by Gasteiger charge is -2.12. The minimum absolute atomic E-state index is 0.104. The lowest BCUT2D eigenvalue weighted by atomic mass is 10.2. The van der Waals surface area contributed by atoms with Crippen LogP contribution >= 0.6 is 11.3 Å². The number of carbonyl (C=O) groups is 1. The Hall–Kier alpha value is -2.54. The van der Waals surface area contributed by atoms with E-state index in [9.17, 15) is 9.59 Å². The van der Waals surface area contributed by atoms with Gasteiger partial charge in [-0.2, -0.15) is 0 Å². The van der Waals surface area contributed by atoms with Gasteiger partial charge in [0.1, 0.15) is 0 Å². The van der Waals surface area contributed by atoms with E-state index >= 15 is 0 Å². The van der Waals surface area contributed by atoms with Crippen LogP contribution in [-0.4, -0.2) is 20.9 Å². The molecule has 1 atom stereocenters. The van der Waals surface area contributed by atoms with Gasteiger partial charge in [-0.3, -0.25) is 9.59 Å². The van der Waals surface area contributed by atoms with Gasteiger partial charge in [0, 0.05) is 5.38 Å². The van der Waals surface area contributed by atoms with Crippen molar-refractivity contribution in [3.63, 3.8) is 0 Å². The number of nitrogens with one attached hydrogen (secondary N) is 1. The van der Waals surface area contributed by atoms with E-state index in [0.29, 0.717) is 22.4 Å². The zero-order chi connectivity index (χ0) is 16.4. The fourth-order valence-electron chi connectivity index (χ4n) is 2.23. The van der Waals surface area contributed by atoms with E-state index in [0.717, 1.165) is 5.01 Å². The lowest BCUT2D eigenvalue weighted by molar-refractivity contribution is -0.148. The lowest BCUT2D eigenvalue weighted by Crippen LogP contribution is -2.18. The number of carbonyl (C=O) groups excluding carboxylic acids is 1. The normalized spacial score (nSPS) is 12.3. The smallest absolute Gasteiger partial charge is 0.312 e. The Morgan fingerprint density at radius 1 is 1.35 bits per heavy atom. The van der Waals surface area contributed by atoms with Crippen molar-refractivity contribution in [3.05, 3.63) is 56.5 Å². The summed E-state index contributed by atoms with van der Waals surface area (Å²) in [6.45, 7) is 3.56. The summed E-state index contributed by atoms with van der Waals surface area (Å²) >= 11 is 1.49. The quantitative estimate of drug-likeness (QED) is 0.744. The fourth-order valence-corrected chi connectivity index (χ4v) is 2.84. The molecule has 0 spiro atoms. The highest BCUT2D eigenvalue weighted by molar-refractivity contribution is 7.09. The van der Waals surface area contributed by atoms with Gasteiger partial charge in [-0.15, -0.1) is 11.3 Å². The zero-order valence-corrected chi connectivity index (χ0v) is 13.5. The van der Waals surface area contributed by atoms with E-state index in [1.54, 1.807) is 31.2 Å². The molecule has 0 aliphatic heterocycles. The summed E-state index contributed by atoms with van der Waals surface area (Å²) in [6, 6.07) is 7.03. The van der Waals surface area contributed by atoms with Crippen LogP contribution < -0.4 is 5.56 Å². The monoisotopic (exact) mass is 329 g/mol. The second kappa shape index (κ2) is 6.29. The molecule has 1 N–H and O–H groups in total. The van der Waals surface area contributed by atoms with Gasteiger partial charge in [-0.05, 0) is 26.0 Å². The van der Waals surface area contributed by atoms with Crippen LogP contribution in [-0.2, 0) is 16.0 Å². The van der Waals surface area contributed by atoms with Crippen molar-refractivity contribution in [1.29, 1.82) is 0 Å². The van der Waals surface area contributed by atoms with Crippen molar-refractivity contribution in [1.82, 2.24) is 15.0 Å². The van der Waals surface area contributed by atoms with Gasteiger partial charge in [0.15, 0.2) is 11.9 Å². The standard InChI is InChI=1S/C16H15N3O3S/c1-9(22-14(20)7-11-8-23-10(2)17-11)15-18-13-6-4-3-5-12(13)16(21)19-15/h3-6,8-9H,7H2,1-2H3,(H,18,19,21)/t9-/m0/s1. The number of benzene rings is 1. The van der Waals surface area contributed by atoms with Crippen molar-refractivity contribution in [2.75, 3.05) is 0 Å². The van der Waals surface area contributed by atoms with E-state index in [1.165, 1.54) is 11.3 Å². The molecule has 1 aromatic carbocycles. The average molecular weight is 329 g/mol. The van der Waals surface area contributed by atoms with Gasteiger partial charge in [0.05, 0.1) is 28.0 Å². The molecule has 3 rings (SSSR count). The maximum atomic E-state index is 12.0. The third kappa shape index (κ3) is 3.45. The fraction of sp³-hybridized carbons (Fsp3) is 0.250. The van der Waals surface area contributed by atoms with Crippen molar-refractivity contribution in [2.24, 2.45) is 0 Å². The van der Waals surface area contributed by atoms with E-state index in [-0.39, 0.29) is 12.0 Å². The number of para-hydroxylation sites is 1. The number of H-pyrrole nitrogens is 1. The molecule has 0 saturated carbocycles. The molecular formula is C16H15N3O3S. The Kier molecular flexibility index (Phi) is 4.20. The Labute approximate surface area is 136 Å². The highest BCUT2D eigenvalue weighted by atomic mass is 32.1. The van der Waals surface area contributed by atoms with Gasteiger partial charge < -0.3 is 9.72 Å². The highest BCUT2D eigenvalue weighted by Gasteiger charge is 2.16. The molecule has 2 heterocycles. The molecule has 0 saturated heterocycles. The molecule has 3 aromatic rings. The molecule has 6 nitrogen and oxygen atoms in total. The van der Waals surface area contributed by atoms with Gasteiger partial charge in [-0.25, -0.2) is 9.97 Å². The number of hydrogen-bond acceptors (Lipinski definition) is 6. The van der Waals surface area contributed by atoms with Crippen LogP contribution in [0.1, 0.15) is 29.6 Å². The predicted octanol–water partition coefficient (Wildman–Crippen LogP) is 2.53. The molecule has 23 heavy (non-hydrogen) atoms. The number of aromatic amines is 1. The zero-order valence-electron chi connectivity index (χ0n) is 12.7. The SMILES string of the molecule is Cc1nc(CC(=O)O[C@@H](C)c2nc3ccccc3c(=O)[nH]2)cs1. The highest BCUT2D eigenvalue weighted by Crippen LogP contribution is 2.16. The minimum Gasteiger partial charge on any atom is -0.454 e. The molecule has 0 amide bonds. The summed E-state index contributed by atoms with van der Waals surface area (Å²) in [7, 11) is 0. The third-order valence-corrected chi connectivity index (χ3v) is 4.14. The molecule has 0 unspecified atom stereocenters. The van der Waals surface area contributed by atoms with E-state index in [1.807, 2.05) is 12.3 Å². The number of rotatable bonds is 4. The molecule has 0 radical (unpaired) electrons. The maximum Gasteiger partial charge on any atom is 0.312 e. The Bertz CT molecular complexity index is 916. The topological polar surface area (TPSA) is 84.9 Å². The molecule has 0 bridgehead atoms. The largest absolute Gasteiger partial charge is 0.454 e. The van der Waals surface area contributed by atoms with Crippen LogP contribution in [0.25, 0.3) is 10.9 Å². The van der Waals surface area contributed by atoms with Crippen LogP contribution in [0.2, 0.25) is 0 Å². The third-order valence-electron chi connectivity index (χ3n) is 3.32. The predicted molar refractivity (Wildman–Crippen MR) is 87.4 cm³/mol. The second-order valence-corrected chi connectivity index (χ2v) is 6.20. The first kappa shape index (κ1) is 15.4. The number of thiazole rings is 1. The van der Waals surface area contributed by atoms with Crippen molar-refractivity contribution >= 4 is 28.2 Å². The van der Waals surface area contributed by atoms with Gasteiger partial charge >= 0.3 is 5.97 Å². The summed E-state index contributed by atoms with van der Waals surface area (Å²) in [5.74, 6) is -0.0740. The first-order valence-electron chi connectivity index (χ1n) is 7.12. The van der Waals surface area contributed by atoms with Crippen LogP contribution in [0, 0.1) is 6.92 Å². The Morgan fingerprint density at radius 2 is 2.13 bits per heavy atom. The number of fused-ring (bicyclic) bond motifs is 1. The molecule has 2 aromatic heterocycles. The molecule has 0 aliphatic carbocycles. The number of ether oxygens (including phenoxy) is 1. The Morgan fingerprint density at radius 3 is 2.87 bits per heavy atom. The summed E-state index contributed by atoms with van der Waals surface area (Å²) in [6.07, 6.45) is -0.536. The van der Waals surface area contributed by atoms with E-state index < -0.39 is 12.1 Å². The minimum atomic E-state index is -0.639. The first-order valence-corrected chi connectivity index (χ1v) is 8.00. The number of esters is 1. The van der Waals surface area contributed by atoms with Crippen molar-refractivity contribution in [3.8, 4) is 0 Å².